The number of benzene rings is 1. The molecule has 1 N–H and O–H groups in total. The van der Waals surface area contributed by atoms with Crippen LogP contribution in [-0.2, 0) is 12.8 Å². The predicted molar refractivity (Wildman–Crippen MR) is 85.7 cm³/mol. The van der Waals surface area contributed by atoms with E-state index < -0.39 is 0 Å². The minimum absolute atomic E-state index is 0.180. The van der Waals surface area contributed by atoms with E-state index in [-0.39, 0.29) is 10.8 Å². The van der Waals surface area contributed by atoms with Crippen molar-refractivity contribution in [3.8, 4) is 0 Å². The standard InChI is InChI=1S/C16H18ClFN2S/c1-2-19-12-7-4-8-13-16(12)20-14(21-13)9-10-5-3-6-11(17)15(10)18/h3,5-6,12,19H,2,4,7-9H2,1H3. The van der Waals surface area contributed by atoms with E-state index in [0.717, 1.165) is 24.4 Å². The van der Waals surface area contributed by atoms with Crippen molar-refractivity contribution in [2.24, 2.45) is 0 Å². The summed E-state index contributed by atoms with van der Waals surface area (Å²) in [6.07, 6.45) is 3.93. The average molecular weight is 325 g/mol. The summed E-state index contributed by atoms with van der Waals surface area (Å²) in [5, 5.41) is 4.65. The largest absolute Gasteiger partial charge is 0.309 e. The van der Waals surface area contributed by atoms with Gasteiger partial charge in [-0.3, -0.25) is 0 Å². The fourth-order valence-electron chi connectivity index (χ4n) is 2.84. The number of nitrogens with one attached hydrogen (secondary N) is 1. The van der Waals surface area contributed by atoms with Gasteiger partial charge in [0, 0.05) is 11.3 Å². The number of hydrogen-bond donors (Lipinski definition) is 1. The molecule has 5 heteroatoms. The molecular formula is C16H18ClFN2S. The van der Waals surface area contributed by atoms with Crippen molar-refractivity contribution < 1.29 is 4.39 Å². The molecule has 1 aromatic heterocycles. The molecule has 112 valence electrons. The zero-order chi connectivity index (χ0) is 14.8. The molecule has 0 saturated heterocycles. The van der Waals surface area contributed by atoms with E-state index in [0.29, 0.717) is 18.0 Å². The molecule has 1 aliphatic rings. The molecule has 0 spiro atoms. The van der Waals surface area contributed by atoms with Crippen molar-refractivity contribution in [3.63, 3.8) is 0 Å². The van der Waals surface area contributed by atoms with Crippen LogP contribution in [0.15, 0.2) is 18.2 Å². The summed E-state index contributed by atoms with van der Waals surface area (Å²) in [6.45, 7) is 3.06. The molecule has 1 atom stereocenters. The van der Waals surface area contributed by atoms with Crippen molar-refractivity contribution >= 4 is 22.9 Å². The monoisotopic (exact) mass is 324 g/mol. The first-order chi connectivity index (χ1) is 10.2. The lowest BCUT2D eigenvalue weighted by Crippen LogP contribution is -2.24. The van der Waals surface area contributed by atoms with Crippen LogP contribution in [0.2, 0.25) is 5.02 Å². The van der Waals surface area contributed by atoms with E-state index in [1.54, 1.807) is 29.5 Å². The summed E-state index contributed by atoms with van der Waals surface area (Å²) < 4.78 is 14.0. The second-order valence-corrected chi connectivity index (χ2v) is 6.88. The molecule has 2 aromatic rings. The van der Waals surface area contributed by atoms with Crippen LogP contribution in [0.1, 0.15) is 46.9 Å². The van der Waals surface area contributed by atoms with Gasteiger partial charge in [-0.25, -0.2) is 9.37 Å². The van der Waals surface area contributed by atoms with Gasteiger partial charge in [-0.2, -0.15) is 0 Å². The smallest absolute Gasteiger partial charge is 0.145 e. The number of thiazole rings is 1. The van der Waals surface area contributed by atoms with Crippen molar-refractivity contribution in [3.05, 3.63) is 50.2 Å². The Hall–Kier alpha value is -0.970. The van der Waals surface area contributed by atoms with Gasteiger partial charge in [-0.15, -0.1) is 11.3 Å². The van der Waals surface area contributed by atoms with E-state index in [9.17, 15) is 4.39 Å². The van der Waals surface area contributed by atoms with Gasteiger partial charge in [0.2, 0.25) is 0 Å². The summed E-state index contributed by atoms with van der Waals surface area (Å²) in [5.41, 5.74) is 1.79. The third kappa shape index (κ3) is 3.12. The Morgan fingerprint density at radius 2 is 2.33 bits per heavy atom. The zero-order valence-electron chi connectivity index (χ0n) is 12.0. The van der Waals surface area contributed by atoms with Crippen LogP contribution in [0.25, 0.3) is 0 Å². The topological polar surface area (TPSA) is 24.9 Å². The maximum atomic E-state index is 14.0. The van der Waals surface area contributed by atoms with Gasteiger partial charge in [0.15, 0.2) is 0 Å². The van der Waals surface area contributed by atoms with Crippen LogP contribution in [0, 0.1) is 5.82 Å². The molecule has 1 aromatic carbocycles. The van der Waals surface area contributed by atoms with Crippen molar-refractivity contribution in [2.75, 3.05) is 6.54 Å². The molecule has 0 saturated carbocycles. The second-order valence-electron chi connectivity index (χ2n) is 5.31. The second kappa shape index (κ2) is 6.42. The molecule has 0 aliphatic heterocycles. The fourth-order valence-corrected chi connectivity index (χ4v) is 4.23. The van der Waals surface area contributed by atoms with E-state index in [1.807, 2.05) is 0 Å². The zero-order valence-corrected chi connectivity index (χ0v) is 13.5. The Balaban J connectivity index is 1.86. The summed E-state index contributed by atoms with van der Waals surface area (Å²) in [7, 11) is 0. The van der Waals surface area contributed by atoms with Gasteiger partial charge in [-0.05, 0) is 37.4 Å². The first kappa shape index (κ1) is 14.9. The summed E-state index contributed by atoms with van der Waals surface area (Å²) >= 11 is 7.56. The Morgan fingerprint density at radius 1 is 1.48 bits per heavy atom. The summed E-state index contributed by atoms with van der Waals surface area (Å²) in [5.74, 6) is -0.324. The van der Waals surface area contributed by atoms with E-state index in [2.05, 4.69) is 12.2 Å². The Morgan fingerprint density at radius 3 is 3.14 bits per heavy atom. The van der Waals surface area contributed by atoms with Gasteiger partial charge >= 0.3 is 0 Å². The SMILES string of the molecule is CCNC1CCCc2sc(Cc3cccc(Cl)c3F)nc21. The Labute approximate surface area is 133 Å². The van der Waals surface area contributed by atoms with Gasteiger partial charge in [0.25, 0.3) is 0 Å². The molecular weight excluding hydrogens is 307 g/mol. The van der Waals surface area contributed by atoms with Crippen molar-refractivity contribution in [1.29, 1.82) is 0 Å². The molecule has 0 radical (unpaired) electrons. The molecule has 1 unspecified atom stereocenters. The first-order valence-corrected chi connectivity index (χ1v) is 8.53. The Bertz CT molecular complexity index is 641. The molecule has 21 heavy (non-hydrogen) atoms. The highest BCUT2D eigenvalue weighted by atomic mass is 35.5. The average Bonchev–Trinajstić information content (AvgIpc) is 2.88. The minimum atomic E-state index is -0.324. The first-order valence-electron chi connectivity index (χ1n) is 7.33. The molecule has 3 rings (SSSR count). The highest BCUT2D eigenvalue weighted by Crippen LogP contribution is 2.34. The molecule has 2 nitrogen and oxygen atoms in total. The van der Waals surface area contributed by atoms with E-state index in [4.69, 9.17) is 16.6 Å². The number of halogens is 2. The number of nitrogens with zero attached hydrogens (tertiary/aromatic N) is 1. The van der Waals surface area contributed by atoms with Gasteiger partial charge in [0.1, 0.15) is 5.82 Å². The fraction of sp³-hybridized carbons (Fsp3) is 0.438. The predicted octanol–water partition coefficient (Wildman–Crippen LogP) is 4.51. The van der Waals surface area contributed by atoms with Crippen LogP contribution in [0.4, 0.5) is 4.39 Å². The van der Waals surface area contributed by atoms with Gasteiger partial charge in [0.05, 0.1) is 21.8 Å². The van der Waals surface area contributed by atoms with Crippen LogP contribution in [0.5, 0.6) is 0 Å². The number of aryl methyl sites for hydroxylation is 1. The third-order valence-corrected chi connectivity index (χ3v) is 5.25. The maximum absolute atomic E-state index is 14.0. The van der Waals surface area contributed by atoms with E-state index in [1.165, 1.54) is 17.0 Å². The van der Waals surface area contributed by atoms with Crippen LogP contribution < -0.4 is 5.32 Å². The number of rotatable bonds is 4. The summed E-state index contributed by atoms with van der Waals surface area (Å²) in [4.78, 5) is 6.11. The molecule has 0 fully saturated rings. The molecule has 0 amide bonds. The van der Waals surface area contributed by atoms with Gasteiger partial charge < -0.3 is 5.32 Å². The number of aromatic nitrogens is 1. The lowest BCUT2D eigenvalue weighted by Gasteiger charge is -2.21. The lowest BCUT2D eigenvalue weighted by molar-refractivity contribution is 0.465. The Kier molecular flexibility index (Phi) is 4.57. The maximum Gasteiger partial charge on any atom is 0.145 e. The number of fused-ring (bicyclic) bond motifs is 1. The van der Waals surface area contributed by atoms with E-state index >= 15 is 0 Å². The lowest BCUT2D eigenvalue weighted by atomic mass is 9.98. The minimum Gasteiger partial charge on any atom is -0.309 e. The van der Waals surface area contributed by atoms with Crippen molar-refractivity contribution in [2.45, 2.75) is 38.6 Å². The number of hydrogen-bond acceptors (Lipinski definition) is 3. The van der Waals surface area contributed by atoms with Crippen LogP contribution in [0.3, 0.4) is 0 Å². The van der Waals surface area contributed by atoms with Crippen molar-refractivity contribution in [1.82, 2.24) is 10.3 Å². The van der Waals surface area contributed by atoms with Crippen LogP contribution >= 0.6 is 22.9 Å². The molecule has 1 aliphatic carbocycles. The normalized spacial score (nSPS) is 17.8. The third-order valence-electron chi connectivity index (χ3n) is 3.82. The molecule has 1 heterocycles. The highest BCUT2D eigenvalue weighted by molar-refractivity contribution is 7.11. The van der Waals surface area contributed by atoms with Gasteiger partial charge in [-0.1, -0.05) is 30.7 Å². The van der Waals surface area contributed by atoms with Crippen LogP contribution in [-0.4, -0.2) is 11.5 Å². The quantitative estimate of drug-likeness (QED) is 0.894. The molecule has 0 bridgehead atoms. The summed E-state index contributed by atoms with van der Waals surface area (Å²) in [6, 6.07) is 5.50. The highest BCUT2D eigenvalue weighted by Gasteiger charge is 2.24.